The van der Waals surface area contributed by atoms with Gasteiger partial charge in [0.2, 0.25) is 0 Å². The summed E-state index contributed by atoms with van der Waals surface area (Å²) < 4.78 is 0.795. The fourth-order valence-corrected chi connectivity index (χ4v) is 3.39. The number of aromatic amines is 1. The molecule has 0 unspecified atom stereocenters. The number of carbonyl (C=O) groups is 1. The van der Waals surface area contributed by atoms with Crippen LogP contribution in [0.1, 0.15) is 35.4 Å². The molecule has 2 aliphatic rings. The maximum absolute atomic E-state index is 12.5. The molecule has 3 rings (SSSR count). The molecule has 1 aromatic heterocycles. The van der Waals surface area contributed by atoms with Crippen molar-refractivity contribution in [2.24, 2.45) is 0 Å². The van der Waals surface area contributed by atoms with Crippen molar-refractivity contribution in [3.8, 4) is 0 Å². The Kier molecular flexibility index (Phi) is 3.62. The van der Waals surface area contributed by atoms with Gasteiger partial charge in [-0.05, 0) is 42.2 Å². The minimum absolute atomic E-state index is 0.0430. The number of piperazine rings is 1. The highest BCUT2D eigenvalue weighted by Gasteiger charge is 2.32. The largest absolute Gasteiger partial charge is 0.334 e. The Morgan fingerprint density at radius 1 is 1.37 bits per heavy atom. The molecule has 1 amide bonds. The molecule has 104 valence electrons. The number of fused-ring (bicyclic) bond motifs is 1. The third kappa shape index (κ3) is 2.43. The number of halogens is 1. The summed E-state index contributed by atoms with van der Waals surface area (Å²) in [6, 6.07) is 0.547. The molecule has 1 atom stereocenters. The number of amides is 1. The van der Waals surface area contributed by atoms with E-state index in [-0.39, 0.29) is 5.91 Å². The molecule has 3 heterocycles. The fraction of sp³-hybridized carbons (Fsp3) is 0.692. The monoisotopic (exact) mass is 326 g/mol. The van der Waals surface area contributed by atoms with Crippen molar-refractivity contribution < 1.29 is 4.79 Å². The van der Waals surface area contributed by atoms with Gasteiger partial charge >= 0.3 is 0 Å². The molecule has 2 aliphatic heterocycles. The van der Waals surface area contributed by atoms with Crippen LogP contribution in [-0.4, -0.2) is 58.1 Å². The summed E-state index contributed by atoms with van der Waals surface area (Å²) in [7, 11) is 0. The van der Waals surface area contributed by atoms with Crippen molar-refractivity contribution in [3.05, 3.63) is 15.9 Å². The van der Waals surface area contributed by atoms with Crippen molar-refractivity contribution >= 4 is 21.8 Å². The zero-order valence-corrected chi connectivity index (χ0v) is 12.7. The number of nitrogens with one attached hydrogen (secondary N) is 1. The number of aryl methyl sites for hydroxylation is 1. The Balaban J connectivity index is 1.72. The number of rotatable bonds is 1. The van der Waals surface area contributed by atoms with E-state index in [4.69, 9.17) is 0 Å². The van der Waals surface area contributed by atoms with Gasteiger partial charge in [0.15, 0.2) is 5.69 Å². The third-order valence-electron chi connectivity index (χ3n) is 4.20. The van der Waals surface area contributed by atoms with E-state index in [2.05, 4.69) is 31.0 Å². The second kappa shape index (κ2) is 5.25. The lowest BCUT2D eigenvalue weighted by molar-refractivity contribution is 0.0367. The van der Waals surface area contributed by atoms with E-state index >= 15 is 0 Å². The van der Waals surface area contributed by atoms with Crippen molar-refractivity contribution in [3.63, 3.8) is 0 Å². The molecule has 0 radical (unpaired) electrons. The molecule has 0 aromatic carbocycles. The van der Waals surface area contributed by atoms with Crippen LogP contribution < -0.4 is 0 Å². The molecule has 0 bridgehead atoms. The standard InChI is InChI=1S/C13H19BrN4O/c1-9-11(14)12(16-15-9)13(19)18-7-6-17-5-3-2-4-10(17)8-18/h10H,2-8H2,1H3,(H,15,16)/t10-/m1/s1. The van der Waals surface area contributed by atoms with Crippen LogP contribution in [0.4, 0.5) is 0 Å². The summed E-state index contributed by atoms with van der Waals surface area (Å²) in [5, 5.41) is 6.98. The molecule has 2 saturated heterocycles. The van der Waals surface area contributed by atoms with Crippen LogP contribution in [0.25, 0.3) is 0 Å². The van der Waals surface area contributed by atoms with Gasteiger partial charge < -0.3 is 4.90 Å². The topological polar surface area (TPSA) is 52.2 Å². The van der Waals surface area contributed by atoms with Gasteiger partial charge in [-0.3, -0.25) is 14.8 Å². The summed E-state index contributed by atoms with van der Waals surface area (Å²) >= 11 is 3.43. The van der Waals surface area contributed by atoms with Crippen LogP contribution in [0, 0.1) is 6.92 Å². The number of hydrogen-bond donors (Lipinski definition) is 1. The van der Waals surface area contributed by atoms with Gasteiger partial charge in [0.05, 0.1) is 4.47 Å². The van der Waals surface area contributed by atoms with E-state index in [1.165, 1.54) is 25.8 Å². The van der Waals surface area contributed by atoms with Crippen molar-refractivity contribution in [2.45, 2.75) is 32.2 Å². The molecule has 1 N–H and O–H groups in total. The lowest BCUT2D eigenvalue weighted by Crippen LogP contribution is -2.56. The van der Waals surface area contributed by atoms with Gasteiger partial charge in [-0.25, -0.2) is 0 Å². The van der Waals surface area contributed by atoms with Crippen LogP contribution in [0.15, 0.2) is 4.47 Å². The maximum Gasteiger partial charge on any atom is 0.275 e. The van der Waals surface area contributed by atoms with Gasteiger partial charge in [0, 0.05) is 31.4 Å². The Hall–Kier alpha value is -0.880. The van der Waals surface area contributed by atoms with Crippen molar-refractivity contribution in [1.29, 1.82) is 0 Å². The molecule has 2 fully saturated rings. The quantitative estimate of drug-likeness (QED) is 0.856. The number of aromatic nitrogens is 2. The molecule has 0 saturated carbocycles. The van der Waals surface area contributed by atoms with Crippen LogP contribution in [0.2, 0.25) is 0 Å². The second-order valence-corrected chi connectivity index (χ2v) is 6.24. The third-order valence-corrected chi connectivity index (χ3v) is 5.17. The van der Waals surface area contributed by atoms with E-state index in [1.54, 1.807) is 0 Å². The molecular weight excluding hydrogens is 308 g/mol. The van der Waals surface area contributed by atoms with E-state index in [0.29, 0.717) is 11.7 Å². The van der Waals surface area contributed by atoms with E-state index in [1.807, 2.05) is 11.8 Å². The van der Waals surface area contributed by atoms with Crippen LogP contribution in [0.5, 0.6) is 0 Å². The number of piperidine rings is 1. The molecule has 0 spiro atoms. The summed E-state index contributed by atoms with van der Waals surface area (Å²) in [6.45, 7) is 5.76. The number of H-pyrrole nitrogens is 1. The predicted octanol–water partition coefficient (Wildman–Crippen LogP) is 1.79. The first-order valence-electron chi connectivity index (χ1n) is 6.90. The minimum atomic E-state index is 0.0430. The summed E-state index contributed by atoms with van der Waals surface area (Å²) in [5.74, 6) is 0.0430. The average Bonchev–Trinajstić information content (AvgIpc) is 2.78. The molecule has 5 nitrogen and oxygen atoms in total. The number of carbonyl (C=O) groups excluding carboxylic acids is 1. The van der Waals surface area contributed by atoms with Gasteiger partial charge in [0.1, 0.15) is 0 Å². The zero-order valence-electron chi connectivity index (χ0n) is 11.2. The molecule has 6 heteroatoms. The SMILES string of the molecule is Cc1[nH]nc(C(=O)N2CCN3CCCC[C@@H]3C2)c1Br. The van der Waals surface area contributed by atoms with E-state index < -0.39 is 0 Å². The summed E-state index contributed by atoms with van der Waals surface area (Å²) in [5.41, 5.74) is 1.42. The summed E-state index contributed by atoms with van der Waals surface area (Å²) in [6.07, 6.45) is 3.80. The predicted molar refractivity (Wildman–Crippen MR) is 76.1 cm³/mol. The van der Waals surface area contributed by atoms with Gasteiger partial charge in [-0.1, -0.05) is 6.42 Å². The zero-order chi connectivity index (χ0) is 13.4. The van der Waals surface area contributed by atoms with Crippen LogP contribution in [0.3, 0.4) is 0 Å². The number of hydrogen-bond acceptors (Lipinski definition) is 3. The van der Waals surface area contributed by atoms with E-state index in [9.17, 15) is 4.79 Å². The minimum Gasteiger partial charge on any atom is -0.334 e. The highest BCUT2D eigenvalue weighted by atomic mass is 79.9. The first-order chi connectivity index (χ1) is 9.16. The first kappa shape index (κ1) is 13.1. The molecule has 19 heavy (non-hydrogen) atoms. The number of nitrogens with zero attached hydrogens (tertiary/aromatic N) is 3. The molecular formula is C13H19BrN4O. The fourth-order valence-electron chi connectivity index (χ4n) is 3.05. The highest BCUT2D eigenvalue weighted by Crippen LogP contribution is 2.24. The normalized spacial score (nSPS) is 24.3. The second-order valence-electron chi connectivity index (χ2n) is 5.45. The van der Waals surface area contributed by atoms with Crippen molar-refractivity contribution in [1.82, 2.24) is 20.0 Å². The van der Waals surface area contributed by atoms with Gasteiger partial charge in [0.25, 0.3) is 5.91 Å². The smallest absolute Gasteiger partial charge is 0.275 e. The van der Waals surface area contributed by atoms with Gasteiger partial charge in [-0.2, -0.15) is 5.10 Å². The van der Waals surface area contributed by atoms with E-state index in [0.717, 1.165) is 29.8 Å². The van der Waals surface area contributed by atoms with Gasteiger partial charge in [-0.15, -0.1) is 0 Å². The van der Waals surface area contributed by atoms with Crippen molar-refractivity contribution in [2.75, 3.05) is 26.2 Å². The first-order valence-corrected chi connectivity index (χ1v) is 7.70. The van der Waals surface area contributed by atoms with Crippen LogP contribution >= 0.6 is 15.9 Å². The average molecular weight is 327 g/mol. The lowest BCUT2D eigenvalue weighted by atomic mass is 9.99. The Morgan fingerprint density at radius 3 is 2.95 bits per heavy atom. The highest BCUT2D eigenvalue weighted by molar-refractivity contribution is 9.10. The summed E-state index contributed by atoms with van der Waals surface area (Å²) in [4.78, 5) is 17.0. The molecule has 1 aromatic rings. The van der Waals surface area contributed by atoms with Crippen LogP contribution in [-0.2, 0) is 0 Å². The molecule has 0 aliphatic carbocycles. The maximum atomic E-state index is 12.5. The lowest BCUT2D eigenvalue weighted by Gasteiger charge is -2.43. The Bertz CT molecular complexity index is 487. The Labute approximate surface area is 121 Å². The Morgan fingerprint density at radius 2 is 2.21 bits per heavy atom.